The smallest absolute Gasteiger partial charge is 0.290 e. The van der Waals surface area contributed by atoms with Crippen LogP contribution in [0, 0.1) is 0 Å². The Hall–Kier alpha value is -2.48. The second-order valence-electron chi connectivity index (χ2n) is 6.96. The van der Waals surface area contributed by atoms with E-state index in [2.05, 4.69) is 64.8 Å². The van der Waals surface area contributed by atoms with E-state index in [1.54, 1.807) is 11.3 Å². The zero-order valence-corrected chi connectivity index (χ0v) is 16.7. The van der Waals surface area contributed by atoms with Crippen molar-refractivity contribution in [2.75, 3.05) is 18.0 Å². The standard InChI is InChI=1S/C18H23N5S.CH2O2/c1-12(2)17-20-21-18(24-17)23-10-8-13(9-11-23)16-19-14-6-4-5-7-15(14)22(16)3;2-1-3/h4-7,12-13H,8-11H2,1-3H3;1H,(H,2,3). The lowest BCUT2D eigenvalue weighted by Crippen LogP contribution is -2.33. The summed E-state index contributed by atoms with van der Waals surface area (Å²) in [5.74, 6) is 2.20. The molecule has 7 nitrogen and oxygen atoms in total. The highest BCUT2D eigenvalue weighted by Gasteiger charge is 2.26. The second-order valence-corrected chi connectivity index (χ2v) is 7.95. The van der Waals surface area contributed by atoms with Gasteiger partial charge in [0, 0.05) is 32.0 Å². The summed E-state index contributed by atoms with van der Waals surface area (Å²) < 4.78 is 2.26. The van der Waals surface area contributed by atoms with Crippen LogP contribution in [0.25, 0.3) is 11.0 Å². The highest BCUT2D eigenvalue weighted by molar-refractivity contribution is 7.15. The van der Waals surface area contributed by atoms with Crippen molar-refractivity contribution in [3.63, 3.8) is 0 Å². The highest BCUT2D eigenvalue weighted by Crippen LogP contribution is 2.33. The number of rotatable bonds is 3. The molecule has 1 aliphatic rings. The largest absolute Gasteiger partial charge is 0.483 e. The molecule has 0 spiro atoms. The van der Waals surface area contributed by atoms with Crippen LogP contribution in [-0.2, 0) is 11.8 Å². The number of benzene rings is 1. The average molecular weight is 388 g/mol. The molecule has 0 aliphatic carbocycles. The van der Waals surface area contributed by atoms with Gasteiger partial charge in [-0.1, -0.05) is 37.3 Å². The zero-order valence-electron chi connectivity index (χ0n) is 15.9. The van der Waals surface area contributed by atoms with Crippen LogP contribution >= 0.6 is 11.3 Å². The number of carbonyl (C=O) groups is 1. The van der Waals surface area contributed by atoms with E-state index >= 15 is 0 Å². The Balaban J connectivity index is 0.000000659. The molecule has 27 heavy (non-hydrogen) atoms. The van der Waals surface area contributed by atoms with Crippen molar-refractivity contribution in [1.82, 2.24) is 19.7 Å². The summed E-state index contributed by atoms with van der Waals surface area (Å²) in [6, 6.07) is 8.39. The summed E-state index contributed by atoms with van der Waals surface area (Å²) >= 11 is 1.73. The molecule has 0 bridgehead atoms. The highest BCUT2D eigenvalue weighted by atomic mass is 32.1. The molecule has 3 heterocycles. The predicted molar refractivity (Wildman–Crippen MR) is 108 cm³/mol. The molecule has 2 aromatic heterocycles. The first-order valence-electron chi connectivity index (χ1n) is 9.12. The van der Waals surface area contributed by atoms with Gasteiger partial charge < -0.3 is 14.6 Å². The SMILES string of the molecule is CC(C)c1nnc(N2CCC(c3nc4ccccc4n3C)CC2)s1.O=CO. The Labute approximate surface area is 162 Å². The third-order valence-corrected chi connectivity index (χ3v) is 6.16. The first-order chi connectivity index (χ1) is 13.0. The molecule has 1 aromatic carbocycles. The molecule has 0 unspecified atom stereocenters. The van der Waals surface area contributed by atoms with Gasteiger partial charge in [0.1, 0.15) is 10.8 Å². The minimum Gasteiger partial charge on any atom is -0.483 e. The molecular formula is C19H25N5O2S. The molecule has 0 atom stereocenters. The van der Waals surface area contributed by atoms with Crippen LogP contribution in [0.4, 0.5) is 5.13 Å². The minimum atomic E-state index is -0.250. The van der Waals surface area contributed by atoms with E-state index in [0.717, 1.165) is 41.6 Å². The van der Waals surface area contributed by atoms with Gasteiger partial charge in [0.05, 0.1) is 11.0 Å². The number of nitrogens with zero attached hydrogens (tertiary/aromatic N) is 5. The number of para-hydroxylation sites is 2. The van der Waals surface area contributed by atoms with E-state index in [0.29, 0.717) is 11.8 Å². The van der Waals surface area contributed by atoms with Crippen molar-refractivity contribution >= 4 is 34.0 Å². The maximum atomic E-state index is 8.36. The van der Waals surface area contributed by atoms with Crippen molar-refractivity contribution in [2.45, 2.75) is 38.5 Å². The maximum Gasteiger partial charge on any atom is 0.290 e. The fraction of sp³-hybridized carbons (Fsp3) is 0.474. The molecule has 8 heteroatoms. The molecule has 3 aromatic rings. The number of aryl methyl sites for hydroxylation is 1. The van der Waals surface area contributed by atoms with Gasteiger partial charge in [-0.25, -0.2) is 4.98 Å². The summed E-state index contributed by atoms with van der Waals surface area (Å²) in [5.41, 5.74) is 2.32. The Kier molecular flexibility index (Phi) is 6.05. The van der Waals surface area contributed by atoms with Crippen LogP contribution in [0.2, 0.25) is 0 Å². The van der Waals surface area contributed by atoms with E-state index in [1.165, 1.54) is 11.3 Å². The number of hydrogen-bond donors (Lipinski definition) is 1. The summed E-state index contributed by atoms with van der Waals surface area (Å²) in [7, 11) is 2.14. The summed E-state index contributed by atoms with van der Waals surface area (Å²) in [5, 5.41) is 17.8. The predicted octanol–water partition coefficient (Wildman–Crippen LogP) is 3.63. The monoisotopic (exact) mass is 387 g/mol. The average Bonchev–Trinajstić information content (AvgIpc) is 3.29. The normalized spacial score (nSPS) is 15.0. The molecule has 144 valence electrons. The lowest BCUT2D eigenvalue weighted by molar-refractivity contribution is -0.122. The second kappa shape index (κ2) is 8.47. The summed E-state index contributed by atoms with van der Waals surface area (Å²) in [6.45, 7) is 6.14. The number of fused-ring (bicyclic) bond motifs is 1. The molecule has 4 rings (SSSR count). The van der Waals surface area contributed by atoms with Gasteiger partial charge in [0.2, 0.25) is 5.13 Å². The third kappa shape index (κ3) is 4.10. The molecule has 1 fully saturated rings. The summed E-state index contributed by atoms with van der Waals surface area (Å²) in [4.78, 5) is 15.6. The fourth-order valence-corrected chi connectivity index (χ4v) is 4.34. The molecule has 1 saturated heterocycles. The Morgan fingerprint density at radius 3 is 2.48 bits per heavy atom. The van der Waals surface area contributed by atoms with Gasteiger partial charge in [0.15, 0.2) is 0 Å². The molecule has 1 aliphatic heterocycles. The van der Waals surface area contributed by atoms with E-state index < -0.39 is 0 Å². The topological polar surface area (TPSA) is 84.1 Å². The first kappa shape index (κ1) is 19.3. The van der Waals surface area contributed by atoms with Crippen LogP contribution in [-0.4, -0.2) is 44.4 Å². The quantitative estimate of drug-likeness (QED) is 0.691. The van der Waals surface area contributed by atoms with Gasteiger partial charge in [-0.05, 0) is 25.0 Å². The van der Waals surface area contributed by atoms with Crippen LogP contribution in [0.3, 0.4) is 0 Å². The third-order valence-electron chi connectivity index (χ3n) is 4.88. The lowest BCUT2D eigenvalue weighted by atomic mass is 9.96. The van der Waals surface area contributed by atoms with Crippen LogP contribution in [0.1, 0.15) is 49.4 Å². The Morgan fingerprint density at radius 2 is 1.89 bits per heavy atom. The zero-order chi connectivity index (χ0) is 19.4. The number of anilines is 1. The molecular weight excluding hydrogens is 362 g/mol. The van der Waals surface area contributed by atoms with E-state index in [1.807, 2.05) is 0 Å². The number of imidazole rings is 1. The van der Waals surface area contributed by atoms with Gasteiger partial charge >= 0.3 is 0 Å². The van der Waals surface area contributed by atoms with Gasteiger partial charge in [-0.2, -0.15) is 0 Å². The number of piperidine rings is 1. The summed E-state index contributed by atoms with van der Waals surface area (Å²) in [6.07, 6.45) is 2.24. The van der Waals surface area contributed by atoms with E-state index in [9.17, 15) is 0 Å². The first-order valence-corrected chi connectivity index (χ1v) is 9.94. The molecule has 0 saturated carbocycles. The van der Waals surface area contributed by atoms with Crippen molar-refractivity contribution in [3.8, 4) is 0 Å². The Bertz CT molecular complexity index is 897. The lowest BCUT2D eigenvalue weighted by Gasteiger charge is -2.31. The fourth-order valence-electron chi connectivity index (χ4n) is 3.45. The van der Waals surface area contributed by atoms with Gasteiger partial charge in [0.25, 0.3) is 6.47 Å². The number of aromatic nitrogens is 4. The molecule has 0 radical (unpaired) electrons. The van der Waals surface area contributed by atoms with Gasteiger partial charge in [-0.3, -0.25) is 4.79 Å². The molecule has 1 N–H and O–H groups in total. The van der Waals surface area contributed by atoms with Crippen molar-refractivity contribution in [1.29, 1.82) is 0 Å². The maximum absolute atomic E-state index is 8.36. The Morgan fingerprint density at radius 1 is 1.22 bits per heavy atom. The minimum absolute atomic E-state index is 0.250. The number of carboxylic acid groups (broad SMARTS) is 1. The van der Waals surface area contributed by atoms with Crippen LogP contribution < -0.4 is 4.90 Å². The van der Waals surface area contributed by atoms with Gasteiger partial charge in [-0.15, -0.1) is 10.2 Å². The van der Waals surface area contributed by atoms with Crippen molar-refractivity contribution in [3.05, 3.63) is 35.1 Å². The van der Waals surface area contributed by atoms with Crippen LogP contribution in [0.5, 0.6) is 0 Å². The van der Waals surface area contributed by atoms with E-state index in [4.69, 9.17) is 14.9 Å². The van der Waals surface area contributed by atoms with Crippen molar-refractivity contribution < 1.29 is 9.90 Å². The van der Waals surface area contributed by atoms with Crippen LogP contribution in [0.15, 0.2) is 24.3 Å². The van der Waals surface area contributed by atoms with E-state index in [-0.39, 0.29) is 6.47 Å². The van der Waals surface area contributed by atoms with Crippen molar-refractivity contribution in [2.24, 2.45) is 7.05 Å². The molecule has 0 amide bonds. The number of hydrogen-bond acceptors (Lipinski definition) is 6.